The van der Waals surface area contributed by atoms with Gasteiger partial charge in [0.25, 0.3) is 17.4 Å². The molecule has 1 aliphatic heterocycles. The molecule has 1 aromatic heterocycles. The maximum absolute atomic E-state index is 13.3. The minimum absolute atomic E-state index is 0.127. The van der Waals surface area contributed by atoms with Gasteiger partial charge in [-0.25, -0.2) is 0 Å². The van der Waals surface area contributed by atoms with E-state index >= 15 is 0 Å². The average molecular weight is 532 g/mol. The Morgan fingerprint density at radius 3 is 2.55 bits per heavy atom. The highest BCUT2D eigenvalue weighted by molar-refractivity contribution is 6.47. The standard InChI is InChI=1S/C28H22ClN3O6/c1-38-19-10-11-23-21(14-19)17(15-30-23)12-13-31-25(20-4-2-3-5-22(20)29)24(27(34)28(31)35)26(33)16-6-8-18(9-7-16)32(36)37/h2-11,14-15,25,30,33H,12-13H2,1H3/t25-/m1/s1. The average Bonchev–Trinajstić information content (AvgIpc) is 3.44. The van der Waals surface area contributed by atoms with Crippen LogP contribution in [0.1, 0.15) is 22.7 Å². The van der Waals surface area contributed by atoms with E-state index in [2.05, 4.69) is 4.98 Å². The van der Waals surface area contributed by atoms with Crippen LogP contribution in [0.4, 0.5) is 5.69 Å². The highest BCUT2D eigenvalue weighted by atomic mass is 35.5. The van der Waals surface area contributed by atoms with Crippen LogP contribution in [-0.2, 0) is 16.0 Å². The number of nitro benzene ring substituents is 1. The molecule has 0 radical (unpaired) electrons. The van der Waals surface area contributed by atoms with E-state index in [1.54, 1.807) is 31.4 Å². The van der Waals surface area contributed by atoms with E-state index in [0.29, 0.717) is 22.8 Å². The third kappa shape index (κ3) is 4.37. The predicted molar refractivity (Wildman–Crippen MR) is 142 cm³/mol. The van der Waals surface area contributed by atoms with Gasteiger partial charge in [0, 0.05) is 46.4 Å². The van der Waals surface area contributed by atoms with Gasteiger partial charge < -0.3 is 19.7 Å². The van der Waals surface area contributed by atoms with Crippen molar-refractivity contribution in [1.82, 2.24) is 9.88 Å². The van der Waals surface area contributed by atoms with E-state index in [1.807, 2.05) is 24.4 Å². The fourth-order valence-electron chi connectivity index (χ4n) is 4.76. The number of nitrogens with zero attached hydrogens (tertiary/aromatic N) is 2. The van der Waals surface area contributed by atoms with Gasteiger partial charge in [0.1, 0.15) is 11.5 Å². The number of ketones is 1. The zero-order valence-corrected chi connectivity index (χ0v) is 20.9. The van der Waals surface area contributed by atoms with Crippen molar-refractivity contribution in [1.29, 1.82) is 0 Å². The zero-order valence-electron chi connectivity index (χ0n) is 20.2. The largest absolute Gasteiger partial charge is 0.507 e. The van der Waals surface area contributed by atoms with Gasteiger partial charge in [0.05, 0.1) is 23.6 Å². The Kier molecular flexibility index (Phi) is 6.61. The molecule has 5 rings (SSSR count). The van der Waals surface area contributed by atoms with Crippen molar-refractivity contribution >= 4 is 45.6 Å². The normalized spacial score (nSPS) is 16.8. The molecule has 38 heavy (non-hydrogen) atoms. The number of benzene rings is 3. The number of hydrogen-bond acceptors (Lipinski definition) is 6. The molecular formula is C28H22ClN3O6. The summed E-state index contributed by atoms with van der Waals surface area (Å²) >= 11 is 6.50. The second-order valence-electron chi connectivity index (χ2n) is 8.79. The molecule has 0 unspecified atom stereocenters. The van der Waals surface area contributed by atoms with Crippen LogP contribution in [0, 0.1) is 10.1 Å². The number of likely N-dealkylation sites (tertiary alicyclic amines) is 1. The molecule has 1 saturated heterocycles. The number of non-ortho nitro benzene ring substituents is 1. The van der Waals surface area contributed by atoms with Gasteiger partial charge in [-0.15, -0.1) is 0 Å². The molecule has 9 nitrogen and oxygen atoms in total. The number of rotatable bonds is 7. The Bertz CT molecular complexity index is 1610. The SMILES string of the molecule is COc1ccc2[nH]cc(CCN3C(=O)C(=O)C(=C(O)c4ccc([N+](=O)[O-])cc4)[C@H]3c3ccccc3Cl)c2c1. The Hall–Kier alpha value is -4.63. The molecule has 4 aromatic rings. The number of carbonyl (C=O) groups is 2. The number of fused-ring (bicyclic) bond motifs is 1. The minimum Gasteiger partial charge on any atom is -0.507 e. The van der Waals surface area contributed by atoms with Gasteiger partial charge in [-0.3, -0.25) is 19.7 Å². The van der Waals surface area contributed by atoms with Gasteiger partial charge in [-0.2, -0.15) is 0 Å². The number of H-pyrrole nitrogens is 1. The first-order valence-electron chi connectivity index (χ1n) is 11.7. The lowest BCUT2D eigenvalue weighted by atomic mass is 9.95. The lowest BCUT2D eigenvalue weighted by molar-refractivity contribution is -0.384. The number of Topliss-reactive ketones (excluding diaryl/α,β-unsaturated/α-hetero) is 1. The highest BCUT2D eigenvalue weighted by Crippen LogP contribution is 2.42. The number of aliphatic hydroxyl groups is 1. The highest BCUT2D eigenvalue weighted by Gasteiger charge is 2.46. The van der Waals surface area contributed by atoms with Crippen molar-refractivity contribution in [2.24, 2.45) is 0 Å². The number of carbonyl (C=O) groups excluding carboxylic acids is 2. The van der Waals surface area contributed by atoms with Crippen molar-refractivity contribution < 1.29 is 24.4 Å². The summed E-state index contributed by atoms with van der Waals surface area (Å²) in [7, 11) is 1.58. The number of aliphatic hydroxyl groups excluding tert-OH is 1. The number of amides is 1. The number of hydrogen-bond donors (Lipinski definition) is 2. The fraction of sp³-hybridized carbons (Fsp3) is 0.143. The quantitative estimate of drug-likeness (QED) is 0.108. The number of aromatic nitrogens is 1. The molecule has 2 heterocycles. The van der Waals surface area contributed by atoms with E-state index in [1.165, 1.54) is 29.2 Å². The summed E-state index contributed by atoms with van der Waals surface area (Å²) in [4.78, 5) is 41.6. The summed E-state index contributed by atoms with van der Waals surface area (Å²) in [5.41, 5.74) is 2.20. The van der Waals surface area contributed by atoms with Gasteiger partial charge in [-0.05, 0) is 53.9 Å². The van der Waals surface area contributed by atoms with Crippen molar-refractivity contribution in [3.05, 3.63) is 110 Å². The van der Waals surface area contributed by atoms with Crippen LogP contribution in [0.3, 0.4) is 0 Å². The summed E-state index contributed by atoms with van der Waals surface area (Å²) in [6.45, 7) is 0.168. The van der Waals surface area contributed by atoms with Crippen molar-refractivity contribution in [3.8, 4) is 5.75 Å². The van der Waals surface area contributed by atoms with Crippen molar-refractivity contribution in [2.45, 2.75) is 12.5 Å². The molecule has 1 aliphatic rings. The topological polar surface area (TPSA) is 126 Å². The Labute approximate surface area is 222 Å². The predicted octanol–water partition coefficient (Wildman–Crippen LogP) is 5.40. The third-order valence-electron chi connectivity index (χ3n) is 6.69. The minimum atomic E-state index is -0.946. The summed E-state index contributed by atoms with van der Waals surface area (Å²) < 4.78 is 5.34. The molecule has 0 aliphatic carbocycles. The van der Waals surface area contributed by atoms with Crippen LogP contribution in [0.25, 0.3) is 16.7 Å². The van der Waals surface area contributed by atoms with E-state index < -0.39 is 28.4 Å². The Balaban J connectivity index is 1.56. The van der Waals surface area contributed by atoms with Crippen molar-refractivity contribution in [3.63, 3.8) is 0 Å². The van der Waals surface area contributed by atoms with Crippen LogP contribution in [0.15, 0.2) is 78.5 Å². The monoisotopic (exact) mass is 531 g/mol. The van der Waals surface area contributed by atoms with Crippen LogP contribution >= 0.6 is 11.6 Å². The number of halogens is 1. The van der Waals surface area contributed by atoms with Gasteiger partial charge >= 0.3 is 0 Å². The maximum atomic E-state index is 13.3. The van der Waals surface area contributed by atoms with E-state index in [-0.39, 0.29) is 23.4 Å². The van der Waals surface area contributed by atoms with Gasteiger partial charge in [-0.1, -0.05) is 29.8 Å². The second kappa shape index (κ2) is 10.0. The van der Waals surface area contributed by atoms with Crippen LogP contribution in [0.5, 0.6) is 5.75 Å². The summed E-state index contributed by atoms with van der Waals surface area (Å²) in [5, 5.41) is 23.5. The zero-order chi connectivity index (χ0) is 27.0. The first-order chi connectivity index (χ1) is 18.3. The molecule has 10 heteroatoms. The first kappa shape index (κ1) is 25.0. The van der Waals surface area contributed by atoms with Gasteiger partial charge in [0.15, 0.2) is 0 Å². The molecule has 1 amide bonds. The number of nitrogens with one attached hydrogen (secondary N) is 1. The van der Waals surface area contributed by atoms with Crippen LogP contribution in [-0.4, -0.2) is 45.3 Å². The number of aromatic amines is 1. The Morgan fingerprint density at radius 1 is 1.13 bits per heavy atom. The lowest BCUT2D eigenvalue weighted by Gasteiger charge is -2.26. The lowest BCUT2D eigenvalue weighted by Crippen LogP contribution is -2.31. The molecule has 1 fully saturated rings. The molecule has 192 valence electrons. The Morgan fingerprint density at radius 2 is 1.87 bits per heavy atom. The summed E-state index contributed by atoms with van der Waals surface area (Å²) in [6, 6.07) is 16.6. The summed E-state index contributed by atoms with van der Waals surface area (Å²) in [6.07, 6.45) is 2.26. The second-order valence-corrected chi connectivity index (χ2v) is 9.20. The maximum Gasteiger partial charge on any atom is 0.295 e. The molecule has 1 atom stereocenters. The van der Waals surface area contributed by atoms with Crippen LogP contribution < -0.4 is 4.74 Å². The van der Waals surface area contributed by atoms with E-state index in [9.17, 15) is 24.8 Å². The van der Waals surface area contributed by atoms with Crippen molar-refractivity contribution in [2.75, 3.05) is 13.7 Å². The first-order valence-corrected chi connectivity index (χ1v) is 12.1. The molecule has 3 aromatic carbocycles. The third-order valence-corrected chi connectivity index (χ3v) is 7.03. The van der Waals surface area contributed by atoms with Crippen LogP contribution in [0.2, 0.25) is 5.02 Å². The van der Waals surface area contributed by atoms with E-state index in [4.69, 9.17) is 16.3 Å². The fourth-order valence-corrected chi connectivity index (χ4v) is 5.00. The number of nitro groups is 1. The molecule has 0 bridgehead atoms. The van der Waals surface area contributed by atoms with E-state index in [0.717, 1.165) is 16.5 Å². The van der Waals surface area contributed by atoms with Gasteiger partial charge in [0.2, 0.25) is 0 Å². The molecule has 2 N–H and O–H groups in total. The number of ether oxygens (including phenoxy) is 1. The molecule has 0 saturated carbocycles. The smallest absolute Gasteiger partial charge is 0.295 e. The molecule has 0 spiro atoms. The number of methoxy groups -OCH3 is 1. The summed E-state index contributed by atoms with van der Waals surface area (Å²) in [5.74, 6) is -1.36. The molecular weight excluding hydrogens is 510 g/mol.